The fourth-order valence-corrected chi connectivity index (χ4v) is 2.78. The summed E-state index contributed by atoms with van der Waals surface area (Å²) in [6.07, 6.45) is 0.757. The minimum atomic E-state index is -0.436. The van der Waals surface area contributed by atoms with Crippen molar-refractivity contribution in [3.05, 3.63) is 16.1 Å². The minimum Gasteiger partial charge on any atom is -0.387 e. The molecule has 0 saturated heterocycles. The van der Waals surface area contributed by atoms with E-state index in [9.17, 15) is 5.11 Å². The molecule has 0 aromatic carbocycles. The van der Waals surface area contributed by atoms with Gasteiger partial charge in [-0.05, 0) is 13.3 Å². The van der Waals surface area contributed by atoms with Gasteiger partial charge < -0.3 is 5.11 Å². The van der Waals surface area contributed by atoms with E-state index in [0.29, 0.717) is 5.25 Å². The molecule has 4 heteroatoms. The first-order valence-electron chi connectivity index (χ1n) is 4.87. The highest BCUT2D eigenvalue weighted by Gasteiger charge is 2.07. The van der Waals surface area contributed by atoms with Gasteiger partial charge in [-0.15, -0.1) is 11.3 Å². The smallest absolute Gasteiger partial charge is 0.103 e. The third kappa shape index (κ3) is 3.59. The fraction of sp³-hybridized carbons (Fsp3) is 0.700. The Morgan fingerprint density at radius 2 is 2.29 bits per heavy atom. The van der Waals surface area contributed by atoms with E-state index in [2.05, 4.69) is 18.8 Å². The molecular weight excluding hydrogens is 214 g/mol. The number of hydrogen-bond donors (Lipinski definition) is 1. The zero-order valence-electron chi connectivity index (χ0n) is 8.86. The minimum absolute atomic E-state index is 0.436. The molecular formula is C10H17NOS2. The summed E-state index contributed by atoms with van der Waals surface area (Å²) in [7, 11) is 0. The van der Waals surface area contributed by atoms with Gasteiger partial charge in [-0.1, -0.05) is 13.8 Å². The van der Waals surface area contributed by atoms with Crippen molar-refractivity contribution < 1.29 is 5.11 Å². The summed E-state index contributed by atoms with van der Waals surface area (Å²) < 4.78 is 0. The monoisotopic (exact) mass is 231 g/mol. The van der Waals surface area contributed by atoms with Crippen LogP contribution in [0, 0.1) is 0 Å². The Bertz CT molecular complexity index is 273. The molecule has 0 bridgehead atoms. The Morgan fingerprint density at radius 3 is 2.79 bits per heavy atom. The van der Waals surface area contributed by atoms with E-state index in [-0.39, 0.29) is 0 Å². The Balaban J connectivity index is 2.44. The first-order chi connectivity index (χ1) is 6.63. The normalized spacial score (nSPS) is 15.4. The van der Waals surface area contributed by atoms with Gasteiger partial charge in [0.25, 0.3) is 0 Å². The molecule has 0 fully saturated rings. The lowest BCUT2D eigenvalue weighted by Crippen LogP contribution is -1.94. The zero-order chi connectivity index (χ0) is 10.6. The van der Waals surface area contributed by atoms with Crippen molar-refractivity contribution in [3.63, 3.8) is 0 Å². The molecule has 1 rings (SSSR count). The second-order valence-corrected chi connectivity index (χ2v) is 5.74. The number of thiazole rings is 1. The molecule has 0 radical (unpaired) electrons. The van der Waals surface area contributed by atoms with Crippen LogP contribution in [-0.2, 0) is 5.75 Å². The molecule has 2 nitrogen and oxygen atoms in total. The number of rotatable bonds is 5. The third-order valence-electron chi connectivity index (χ3n) is 2.06. The standard InChI is InChI=1S/C10H17NOS2/c1-4-7(2)13-6-10-11-9(5-14-10)8(3)12/h5,7-8,12H,4,6H2,1-3H3. The molecule has 0 saturated carbocycles. The fourth-order valence-electron chi connectivity index (χ4n) is 0.915. The van der Waals surface area contributed by atoms with Gasteiger partial charge in [0.15, 0.2) is 0 Å². The van der Waals surface area contributed by atoms with Crippen LogP contribution in [0.1, 0.15) is 44.0 Å². The van der Waals surface area contributed by atoms with Crippen molar-refractivity contribution in [2.24, 2.45) is 0 Å². The molecule has 2 atom stereocenters. The number of thioether (sulfide) groups is 1. The summed E-state index contributed by atoms with van der Waals surface area (Å²) in [5.74, 6) is 0.965. The lowest BCUT2D eigenvalue weighted by atomic mass is 10.3. The van der Waals surface area contributed by atoms with Gasteiger partial charge >= 0.3 is 0 Å². The summed E-state index contributed by atoms with van der Waals surface area (Å²) >= 11 is 3.56. The molecule has 0 aliphatic heterocycles. The molecule has 1 aromatic rings. The van der Waals surface area contributed by atoms with Crippen LogP contribution in [0.25, 0.3) is 0 Å². The highest BCUT2D eigenvalue weighted by atomic mass is 32.2. The topological polar surface area (TPSA) is 33.1 Å². The van der Waals surface area contributed by atoms with Crippen LogP contribution in [-0.4, -0.2) is 15.3 Å². The average Bonchev–Trinajstić information content (AvgIpc) is 2.62. The van der Waals surface area contributed by atoms with E-state index in [1.807, 2.05) is 17.1 Å². The molecule has 80 valence electrons. The maximum absolute atomic E-state index is 9.30. The summed E-state index contributed by atoms with van der Waals surface area (Å²) in [6, 6.07) is 0. The molecule has 0 spiro atoms. The number of nitrogens with zero attached hydrogens (tertiary/aromatic N) is 1. The Hall–Kier alpha value is -0.0600. The second-order valence-electron chi connectivity index (χ2n) is 3.37. The summed E-state index contributed by atoms with van der Waals surface area (Å²) in [5, 5.41) is 13.0. The van der Waals surface area contributed by atoms with Crippen molar-refractivity contribution in [3.8, 4) is 0 Å². The number of hydrogen-bond acceptors (Lipinski definition) is 4. The Morgan fingerprint density at radius 1 is 1.57 bits per heavy atom. The summed E-state index contributed by atoms with van der Waals surface area (Å²) in [6.45, 7) is 6.18. The Labute approximate surface area is 93.8 Å². The van der Waals surface area contributed by atoms with Gasteiger partial charge in [-0.25, -0.2) is 4.98 Å². The maximum atomic E-state index is 9.30. The molecule has 0 aliphatic rings. The van der Waals surface area contributed by atoms with E-state index >= 15 is 0 Å². The molecule has 0 amide bonds. The van der Waals surface area contributed by atoms with E-state index in [1.54, 1.807) is 18.3 Å². The van der Waals surface area contributed by atoms with Crippen molar-refractivity contribution in [1.82, 2.24) is 4.98 Å². The van der Waals surface area contributed by atoms with Crippen molar-refractivity contribution in [2.45, 2.75) is 44.3 Å². The SMILES string of the molecule is CCC(C)SCc1nc(C(C)O)cs1. The van der Waals surface area contributed by atoms with Crippen LogP contribution < -0.4 is 0 Å². The van der Waals surface area contributed by atoms with E-state index in [1.165, 1.54) is 6.42 Å². The molecule has 1 N–H and O–H groups in total. The van der Waals surface area contributed by atoms with Crippen molar-refractivity contribution in [1.29, 1.82) is 0 Å². The Kier molecular flexibility index (Phi) is 4.92. The molecule has 1 heterocycles. The molecule has 1 aromatic heterocycles. The third-order valence-corrected chi connectivity index (χ3v) is 4.46. The lowest BCUT2D eigenvalue weighted by Gasteiger charge is -2.05. The van der Waals surface area contributed by atoms with Crippen LogP contribution in [0.3, 0.4) is 0 Å². The predicted molar refractivity (Wildman–Crippen MR) is 63.8 cm³/mol. The van der Waals surface area contributed by atoms with Crippen LogP contribution in [0.15, 0.2) is 5.38 Å². The van der Waals surface area contributed by atoms with E-state index in [4.69, 9.17) is 0 Å². The van der Waals surface area contributed by atoms with Crippen molar-refractivity contribution in [2.75, 3.05) is 0 Å². The number of aliphatic hydroxyl groups is 1. The highest BCUT2D eigenvalue weighted by molar-refractivity contribution is 7.99. The lowest BCUT2D eigenvalue weighted by molar-refractivity contribution is 0.195. The first kappa shape index (κ1) is 12.0. The molecule has 14 heavy (non-hydrogen) atoms. The largest absolute Gasteiger partial charge is 0.387 e. The zero-order valence-corrected chi connectivity index (χ0v) is 10.5. The second kappa shape index (κ2) is 5.73. The van der Waals surface area contributed by atoms with Crippen molar-refractivity contribution >= 4 is 23.1 Å². The average molecular weight is 231 g/mol. The van der Waals surface area contributed by atoms with Gasteiger partial charge in [-0.2, -0.15) is 11.8 Å². The van der Waals surface area contributed by atoms with Gasteiger partial charge in [0, 0.05) is 16.4 Å². The van der Waals surface area contributed by atoms with Gasteiger partial charge in [0.1, 0.15) is 5.01 Å². The summed E-state index contributed by atoms with van der Waals surface area (Å²) in [4.78, 5) is 4.36. The van der Waals surface area contributed by atoms with Gasteiger partial charge in [0.2, 0.25) is 0 Å². The maximum Gasteiger partial charge on any atom is 0.103 e. The quantitative estimate of drug-likeness (QED) is 0.844. The molecule has 2 unspecified atom stereocenters. The number of aromatic nitrogens is 1. The highest BCUT2D eigenvalue weighted by Crippen LogP contribution is 2.23. The van der Waals surface area contributed by atoms with Crippen LogP contribution in [0.2, 0.25) is 0 Å². The van der Waals surface area contributed by atoms with Crippen LogP contribution in [0.4, 0.5) is 0 Å². The van der Waals surface area contributed by atoms with E-state index in [0.717, 1.165) is 16.5 Å². The first-order valence-corrected chi connectivity index (χ1v) is 6.80. The van der Waals surface area contributed by atoms with Gasteiger partial charge in [0.05, 0.1) is 11.8 Å². The van der Waals surface area contributed by atoms with Crippen LogP contribution >= 0.6 is 23.1 Å². The van der Waals surface area contributed by atoms with Crippen LogP contribution in [0.5, 0.6) is 0 Å². The van der Waals surface area contributed by atoms with E-state index < -0.39 is 6.10 Å². The predicted octanol–water partition coefficient (Wildman–Crippen LogP) is 3.23. The van der Waals surface area contributed by atoms with Gasteiger partial charge in [-0.3, -0.25) is 0 Å². The number of aliphatic hydroxyl groups excluding tert-OH is 1. The molecule has 0 aliphatic carbocycles. The summed E-state index contributed by atoms with van der Waals surface area (Å²) in [5.41, 5.74) is 0.801.